The van der Waals surface area contributed by atoms with Gasteiger partial charge in [-0.25, -0.2) is 0 Å². The number of nitrogens with one attached hydrogen (secondary N) is 1. The Bertz CT molecular complexity index is 759. The second kappa shape index (κ2) is 19.5. The second-order valence-corrected chi connectivity index (χ2v) is 14.1. The van der Waals surface area contributed by atoms with Crippen LogP contribution in [-0.4, -0.2) is 13.1 Å². The predicted octanol–water partition coefficient (Wildman–Crippen LogP) is 12.7. The molecule has 3 fully saturated rings. The van der Waals surface area contributed by atoms with Crippen molar-refractivity contribution in [3.8, 4) is 0 Å². The SMILES string of the molecule is C=C.CC.CCC(C)CC.CCCC1(C)C(NC)CCC2C3CCCC3(CCC3=CCCC(C(C)CC)=C3)CCC21. The lowest BCUT2D eigenvalue weighted by molar-refractivity contribution is -0.0827. The number of hydrogen-bond acceptors (Lipinski definition) is 1. The van der Waals surface area contributed by atoms with E-state index in [9.17, 15) is 0 Å². The topological polar surface area (TPSA) is 12.0 Å². The third kappa shape index (κ3) is 9.58. The maximum Gasteiger partial charge on any atom is 0.0121 e. The zero-order chi connectivity index (χ0) is 31.1. The Kier molecular flexibility index (Phi) is 18.1. The number of fused-ring (bicyclic) bond motifs is 3. The first kappa shape index (κ1) is 38.2. The molecule has 1 N–H and O–H groups in total. The van der Waals surface area contributed by atoms with Gasteiger partial charge in [0.1, 0.15) is 0 Å². The summed E-state index contributed by atoms with van der Waals surface area (Å²) in [4.78, 5) is 0. The van der Waals surface area contributed by atoms with E-state index in [1.807, 2.05) is 13.8 Å². The monoisotopic (exact) mass is 570 g/mol. The molecule has 7 atom stereocenters. The summed E-state index contributed by atoms with van der Waals surface area (Å²) < 4.78 is 0. The summed E-state index contributed by atoms with van der Waals surface area (Å²) >= 11 is 0. The van der Waals surface area contributed by atoms with Crippen LogP contribution in [0, 0.1) is 40.4 Å². The molecule has 4 aliphatic rings. The molecular weight excluding hydrogens is 494 g/mol. The average Bonchev–Trinajstić information content (AvgIpc) is 3.47. The quantitative estimate of drug-likeness (QED) is 0.258. The first-order valence-corrected chi connectivity index (χ1v) is 18.3. The van der Waals surface area contributed by atoms with Crippen LogP contribution in [-0.2, 0) is 0 Å². The molecule has 0 radical (unpaired) electrons. The van der Waals surface area contributed by atoms with Crippen LogP contribution in [0.3, 0.4) is 0 Å². The van der Waals surface area contributed by atoms with Gasteiger partial charge < -0.3 is 5.32 Å². The highest BCUT2D eigenvalue weighted by Crippen LogP contribution is 2.65. The van der Waals surface area contributed by atoms with Gasteiger partial charge in [-0.15, -0.1) is 13.2 Å². The third-order valence-corrected chi connectivity index (χ3v) is 12.3. The summed E-state index contributed by atoms with van der Waals surface area (Å²) in [6.07, 6.45) is 27.8. The molecule has 4 aliphatic carbocycles. The Hall–Kier alpha value is -0.820. The molecule has 240 valence electrons. The van der Waals surface area contributed by atoms with E-state index in [0.717, 1.165) is 35.6 Å². The van der Waals surface area contributed by atoms with Crippen molar-refractivity contribution in [1.82, 2.24) is 5.32 Å². The maximum atomic E-state index is 3.75. The van der Waals surface area contributed by atoms with E-state index in [-0.39, 0.29) is 0 Å². The fourth-order valence-corrected chi connectivity index (χ4v) is 9.36. The van der Waals surface area contributed by atoms with Gasteiger partial charge in [-0.1, -0.05) is 111 Å². The molecule has 4 rings (SSSR count). The molecule has 0 amide bonds. The lowest BCUT2D eigenvalue weighted by Gasteiger charge is -2.59. The Morgan fingerprint density at radius 2 is 1.59 bits per heavy atom. The molecule has 1 nitrogen and oxygen atoms in total. The van der Waals surface area contributed by atoms with Crippen LogP contribution in [0.25, 0.3) is 0 Å². The van der Waals surface area contributed by atoms with Crippen molar-refractivity contribution in [2.45, 2.75) is 171 Å². The molecule has 0 aliphatic heterocycles. The third-order valence-electron chi connectivity index (χ3n) is 12.3. The normalized spacial score (nSPS) is 32.9. The molecule has 0 bridgehead atoms. The summed E-state index contributed by atoms with van der Waals surface area (Å²) in [5.74, 6) is 4.69. The molecule has 0 aromatic heterocycles. The van der Waals surface area contributed by atoms with Crippen molar-refractivity contribution in [2.75, 3.05) is 7.05 Å². The fraction of sp³-hybridized carbons (Fsp3) is 0.850. The van der Waals surface area contributed by atoms with Crippen LogP contribution in [0.5, 0.6) is 0 Å². The fourth-order valence-electron chi connectivity index (χ4n) is 9.36. The summed E-state index contributed by atoms with van der Waals surface area (Å²) in [5, 5.41) is 3.75. The molecule has 0 aromatic carbocycles. The zero-order valence-corrected chi connectivity index (χ0v) is 29.8. The van der Waals surface area contributed by atoms with E-state index in [1.54, 1.807) is 11.1 Å². The number of allylic oxidation sites excluding steroid dienone is 4. The smallest absolute Gasteiger partial charge is 0.0121 e. The maximum absolute atomic E-state index is 3.75. The highest BCUT2D eigenvalue weighted by Gasteiger charge is 2.57. The van der Waals surface area contributed by atoms with Crippen molar-refractivity contribution in [3.05, 3.63) is 36.5 Å². The minimum Gasteiger partial charge on any atom is -0.316 e. The molecule has 3 saturated carbocycles. The van der Waals surface area contributed by atoms with Crippen LogP contribution in [0.4, 0.5) is 0 Å². The van der Waals surface area contributed by atoms with E-state index in [0.29, 0.717) is 10.8 Å². The molecule has 41 heavy (non-hydrogen) atoms. The highest BCUT2D eigenvalue weighted by molar-refractivity contribution is 5.29. The number of hydrogen-bond donors (Lipinski definition) is 1. The van der Waals surface area contributed by atoms with Gasteiger partial charge in [-0.3, -0.25) is 0 Å². The minimum atomic E-state index is 0.515. The van der Waals surface area contributed by atoms with Gasteiger partial charge in [0.05, 0.1) is 0 Å². The van der Waals surface area contributed by atoms with Crippen molar-refractivity contribution >= 4 is 0 Å². The van der Waals surface area contributed by atoms with Gasteiger partial charge in [-0.2, -0.15) is 0 Å². The van der Waals surface area contributed by atoms with E-state index in [1.165, 1.54) is 103 Å². The zero-order valence-electron chi connectivity index (χ0n) is 29.8. The van der Waals surface area contributed by atoms with Crippen LogP contribution < -0.4 is 5.32 Å². The van der Waals surface area contributed by atoms with Gasteiger partial charge in [0.25, 0.3) is 0 Å². The number of rotatable bonds is 10. The Morgan fingerprint density at radius 1 is 0.902 bits per heavy atom. The van der Waals surface area contributed by atoms with Gasteiger partial charge in [0.2, 0.25) is 0 Å². The molecule has 0 spiro atoms. The first-order chi connectivity index (χ1) is 19.8. The van der Waals surface area contributed by atoms with Crippen LogP contribution in [0.1, 0.15) is 165 Å². The van der Waals surface area contributed by atoms with Crippen molar-refractivity contribution < 1.29 is 0 Å². The van der Waals surface area contributed by atoms with Gasteiger partial charge in [0, 0.05) is 6.04 Å². The summed E-state index contributed by atoms with van der Waals surface area (Å²) in [5.41, 5.74) is 4.59. The predicted molar refractivity (Wildman–Crippen MR) is 188 cm³/mol. The van der Waals surface area contributed by atoms with Crippen molar-refractivity contribution in [3.63, 3.8) is 0 Å². The van der Waals surface area contributed by atoms with Crippen LogP contribution in [0.2, 0.25) is 0 Å². The first-order valence-electron chi connectivity index (χ1n) is 18.3. The van der Waals surface area contributed by atoms with Crippen LogP contribution >= 0.6 is 0 Å². The van der Waals surface area contributed by atoms with E-state index in [4.69, 9.17) is 0 Å². The standard InChI is InChI=1S/C30H51N.C6H14.C2H6.C2H4/c1-6-17-29(4)26-16-20-30(18-9-12-27(30)25(26)13-14-28(29)31-5)19-15-23-10-8-11-24(21-23)22(3)7-2;1-4-6(3)5-2;2*1-2/h10,21-22,25-28,31H,6-9,11-20H2,1-5H3;6H,4-5H2,1-3H3;1-2H3;1-2H2. The van der Waals surface area contributed by atoms with Gasteiger partial charge in [0.15, 0.2) is 0 Å². The van der Waals surface area contributed by atoms with Gasteiger partial charge >= 0.3 is 0 Å². The lowest BCUT2D eigenvalue weighted by Crippen LogP contribution is -2.56. The lowest BCUT2D eigenvalue weighted by atomic mass is 9.47. The Balaban J connectivity index is 0.000000737. The second-order valence-electron chi connectivity index (χ2n) is 14.1. The molecule has 0 aromatic rings. The van der Waals surface area contributed by atoms with E-state index in [2.05, 4.69) is 86.1 Å². The molecule has 7 unspecified atom stereocenters. The van der Waals surface area contributed by atoms with Crippen LogP contribution in [0.15, 0.2) is 36.5 Å². The Morgan fingerprint density at radius 3 is 2.15 bits per heavy atom. The molecule has 1 heteroatoms. The summed E-state index contributed by atoms with van der Waals surface area (Å²) in [7, 11) is 2.22. The van der Waals surface area contributed by atoms with E-state index >= 15 is 0 Å². The average molecular weight is 570 g/mol. The summed E-state index contributed by atoms with van der Waals surface area (Å²) in [6, 6.07) is 0.735. The molecular formula is C40H75N. The highest BCUT2D eigenvalue weighted by atomic mass is 14.9. The van der Waals surface area contributed by atoms with Gasteiger partial charge in [-0.05, 0) is 125 Å². The minimum absolute atomic E-state index is 0.515. The molecule has 0 saturated heterocycles. The Labute approximate surface area is 259 Å². The van der Waals surface area contributed by atoms with Crippen molar-refractivity contribution in [2.24, 2.45) is 40.4 Å². The van der Waals surface area contributed by atoms with Crippen molar-refractivity contribution in [1.29, 1.82) is 0 Å². The van der Waals surface area contributed by atoms with E-state index < -0.39 is 0 Å². The largest absolute Gasteiger partial charge is 0.316 e. The molecule has 0 heterocycles. The summed E-state index contributed by atoms with van der Waals surface area (Å²) in [6.45, 7) is 26.6.